The molecule has 2 unspecified atom stereocenters. The molecule has 2 N–H and O–H groups in total. The van der Waals surface area contributed by atoms with Crippen molar-refractivity contribution in [1.82, 2.24) is 0 Å². The summed E-state index contributed by atoms with van der Waals surface area (Å²) in [6.45, 7) is 10.1. The Hall–Kier alpha value is -0.660. The van der Waals surface area contributed by atoms with E-state index < -0.39 is 30.0 Å². The SMILES string of the molecule is CCC(C)(C)C(=O)O[C@H]1C[C@@H](C)C=C2C=C[C@H](C)[C@H](CCC(O)C[C@@H](O)CC(=O)[O-])C21.[Na]. The summed E-state index contributed by atoms with van der Waals surface area (Å²) in [5.74, 6) is -0.641. The van der Waals surface area contributed by atoms with Crippen molar-refractivity contribution in [2.75, 3.05) is 0 Å². The summed E-state index contributed by atoms with van der Waals surface area (Å²) in [7, 11) is 0. The van der Waals surface area contributed by atoms with Crippen LogP contribution in [-0.4, -0.2) is 70.0 Å². The topological polar surface area (TPSA) is 107 Å². The number of ether oxygens (including phenoxy) is 1. The number of carbonyl (C=O) groups is 2. The fourth-order valence-electron chi connectivity index (χ4n) is 4.76. The molecule has 0 bridgehead atoms. The Morgan fingerprint density at radius 1 is 1.25 bits per heavy atom. The minimum atomic E-state index is -1.32. The molecule has 0 amide bonds. The second kappa shape index (κ2) is 12.7. The molecule has 2 aliphatic rings. The molecule has 2 rings (SSSR count). The van der Waals surface area contributed by atoms with Crippen molar-refractivity contribution in [2.45, 2.75) is 91.5 Å². The van der Waals surface area contributed by atoms with E-state index in [-0.39, 0.29) is 65.8 Å². The maximum absolute atomic E-state index is 12.8. The Morgan fingerprint density at radius 3 is 2.50 bits per heavy atom. The van der Waals surface area contributed by atoms with Crippen molar-refractivity contribution in [3.8, 4) is 0 Å². The zero-order valence-electron chi connectivity index (χ0n) is 20.5. The van der Waals surface area contributed by atoms with Crippen LogP contribution in [0.1, 0.15) is 73.1 Å². The van der Waals surface area contributed by atoms with Gasteiger partial charge in [0, 0.05) is 47.9 Å². The van der Waals surface area contributed by atoms with Gasteiger partial charge in [0.1, 0.15) is 6.10 Å². The summed E-state index contributed by atoms with van der Waals surface area (Å²) in [6.07, 6.45) is 6.66. The Labute approximate surface area is 214 Å². The first kappa shape index (κ1) is 29.4. The molecule has 0 aromatic carbocycles. The van der Waals surface area contributed by atoms with Gasteiger partial charge in [-0.3, -0.25) is 4.79 Å². The first-order valence-electron chi connectivity index (χ1n) is 11.6. The van der Waals surface area contributed by atoms with E-state index in [0.29, 0.717) is 25.2 Å². The van der Waals surface area contributed by atoms with E-state index in [4.69, 9.17) is 4.74 Å². The molecule has 32 heavy (non-hydrogen) atoms. The van der Waals surface area contributed by atoms with Crippen LogP contribution in [0.25, 0.3) is 0 Å². The molecule has 0 aromatic rings. The molecule has 7 heteroatoms. The number of aliphatic carboxylic acids is 1. The third-order valence-electron chi connectivity index (χ3n) is 7.07. The molecule has 0 saturated heterocycles. The van der Waals surface area contributed by atoms with E-state index in [1.165, 1.54) is 5.57 Å². The number of hydrogen-bond acceptors (Lipinski definition) is 6. The molecule has 0 fully saturated rings. The number of aliphatic hydroxyl groups is 2. The number of carboxylic acid groups (broad SMARTS) is 1. The number of aliphatic hydroxyl groups excluding tert-OH is 2. The van der Waals surface area contributed by atoms with E-state index in [1.54, 1.807) is 0 Å². The van der Waals surface area contributed by atoms with Crippen LogP contribution in [0.5, 0.6) is 0 Å². The van der Waals surface area contributed by atoms with Crippen LogP contribution in [0, 0.1) is 29.1 Å². The van der Waals surface area contributed by atoms with Gasteiger partial charge in [0.15, 0.2) is 0 Å². The number of esters is 1. The predicted molar refractivity (Wildman–Crippen MR) is 122 cm³/mol. The maximum atomic E-state index is 12.8. The van der Waals surface area contributed by atoms with Gasteiger partial charge in [0.2, 0.25) is 0 Å². The van der Waals surface area contributed by atoms with Gasteiger partial charge in [-0.25, -0.2) is 0 Å². The van der Waals surface area contributed by atoms with E-state index in [0.717, 1.165) is 6.42 Å². The van der Waals surface area contributed by atoms with Crippen molar-refractivity contribution in [2.24, 2.45) is 29.1 Å². The first-order valence-corrected chi connectivity index (χ1v) is 11.6. The fourth-order valence-corrected chi connectivity index (χ4v) is 4.76. The van der Waals surface area contributed by atoms with Gasteiger partial charge in [-0.2, -0.15) is 0 Å². The summed E-state index contributed by atoms with van der Waals surface area (Å²) in [5.41, 5.74) is 0.669. The van der Waals surface area contributed by atoms with Gasteiger partial charge in [0.25, 0.3) is 0 Å². The monoisotopic (exact) mass is 458 g/mol. The summed E-state index contributed by atoms with van der Waals surface area (Å²) < 4.78 is 6.09. The number of hydrogen-bond donors (Lipinski definition) is 2. The second-order valence-corrected chi connectivity index (χ2v) is 10.2. The number of carboxylic acids is 1. The van der Waals surface area contributed by atoms with E-state index >= 15 is 0 Å². The van der Waals surface area contributed by atoms with Gasteiger partial charge in [0.05, 0.1) is 17.6 Å². The molecule has 0 aliphatic heterocycles. The van der Waals surface area contributed by atoms with Crippen molar-refractivity contribution >= 4 is 41.5 Å². The minimum absolute atomic E-state index is 0. The van der Waals surface area contributed by atoms with Crippen LogP contribution in [-0.2, 0) is 14.3 Å². The maximum Gasteiger partial charge on any atom is 0.311 e. The van der Waals surface area contributed by atoms with Crippen LogP contribution in [0.4, 0.5) is 0 Å². The average Bonchev–Trinajstić information content (AvgIpc) is 2.66. The van der Waals surface area contributed by atoms with Gasteiger partial charge >= 0.3 is 5.97 Å². The van der Waals surface area contributed by atoms with Crippen LogP contribution < -0.4 is 5.11 Å². The van der Waals surface area contributed by atoms with Gasteiger partial charge in [-0.15, -0.1) is 0 Å². The molecule has 0 saturated carbocycles. The molecule has 177 valence electrons. The first-order chi connectivity index (χ1) is 14.4. The van der Waals surface area contributed by atoms with Crippen LogP contribution in [0.15, 0.2) is 23.8 Å². The molecule has 1 radical (unpaired) electrons. The summed E-state index contributed by atoms with van der Waals surface area (Å²) >= 11 is 0. The van der Waals surface area contributed by atoms with Crippen LogP contribution >= 0.6 is 0 Å². The molecule has 0 heterocycles. The second-order valence-electron chi connectivity index (χ2n) is 10.2. The van der Waals surface area contributed by atoms with Crippen molar-refractivity contribution < 1.29 is 29.6 Å². The van der Waals surface area contributed by atoms with Crippen molar-refractivity contribution in [3.63, 3.8) is 0 Å². The fraction of sp³-hybridized carbons (Fsp3) is 0.760. The third kappa shape index (κ3) is 7.98. The largest absolute Gasteiger partial charge is 0.550 e. The Balaban J connectivity index is 0.00000512. The van der Waals surface area contributed by atoms with Gasteiger partial charge in [-0.05, 0) is 69.3 Å². The molecule has 2 aliphatic carbocycles. The molecule has 7 atom stereocenters. The smallest absolute Gasteiger partial charge is 0.311 e. The van der Waals surface area contributed by atoms with Crippen LogP contribution in [0.3, 0.4) is 0 Å². The molecule has 0 aromatic heterocycles. The Kier molecular flexibility index (Phi) is 11.7. The molecule has 6 nitrogen and oxygen atoms in total. The zero-order valence-corrected chi connectivity index (χ0v) is 22.5. The number of rotatable bonds is 10. The summed E-state index contributed by atoms with van der Waals surface area (Å²) in [4.78, 5) is 23.5. The van der Waals surface area contributed by atoms with Crippen molar-refractivity contribution in [1.29, 1.82) is 0 Å². The Morgan fingerprint density at radius 2 is 1.91 bits per heavy atom. The Bertz CT molecular complexity index is 701. The minimum Gasteiger partial charge on any atom is -0.550 e. The van der Waals surface area contributed by atoms with E-state index in [2.05, 4.69) is 32.1 Å². The van der Waals surface area contributed by atoms with E-state index in [9.17, 15) is 24.9 Å². The summed E-state index contributed by atoms with van der Waals surface area (Å²) in [6, 6.07) is 0. The molecular weight excluding hydrogens is 419 g/mol. The van der Waals surface area contributed by atoms with Crippen molar-refractivity contribution in [3.05, 3.63) is 23.8 Å². The van der Waals surface area contributed by atoms with Gasteiger partial charge in [-0.1, -0.05) is 39.0 Å². The standard InChI is InChI=1S/C25H40O6.Na/c1-6-25(4,5)24(30)31-21-12-15(2)11-17-8-7-16(3)20(23(17)21)10-9-18(26)13-19(27)14-22(28)29;/h7-8,11,15-16,18-21,23,26-27H,6,9-10,12-14H2,1-5H3,(H,28,29);/p-1/t15-,16-,18?,19+,20-,21-,23?;/m0./s1. The van der Waals surface area contributed by atoms with Crippen LogP contribution in [0.2, 0.25) is 0 Å². The number of carbonyl (C=O) groups excluding carboxylic acids is 2. The summed E-state index contributed by atoms with van der Waals surface area (Å²) in [5, 5.41) is 30.8. The number of allylic oxidation sites excluding steroid dienone is 3. The number of fused-ring (bicyclic) bond motifs is 1. The average molecular weight is 459 g/mol. The van der Waals surface area contributed by atoms with E-state index in [1.807, 2.05) is 20.8 Å². The molecular formula is C25H39NaO6-. The normalized spacial score (nSPS) is 29.2. The van der Waals surface area contributed by atoms with Gasteiger partial charge < -0.3 is 24.9 Å². The quantitative estimate of drug-likeness (QED) is 0.385. The predicted octanol–water partition coefficient (Wildman–Crippen LogP) is 2.39. The zero-order chi connectivity index (χ0) is 23.3. The molecule has 0 spiro atoms. The third-order valence-corrected chi connectivity index (χ3v) is 7.07.